The Bertz CT molecular complexity index is 911. The molecule has 0 spiro atoms. The molecule has 0 aliphatic heterocycles. The highest BCUT2D eigenvalue weighted by atomic mass is 79.9. The highest BCUT2D eigenvalue weighted by Crippen LogP contribution is 2.37. The first-order valence-corrected chi connectivity index (χ1v) is 8.96. The zero-order valence-corrected chi connectivity index (χ0v) is 15.8. The quantitative estimate of drug-likeness (QED) is 0.595. The summed E-state index contributed by atoms with van der Waals surface area (Å²) in [4.78, 5) is 4.35. The van der Waals surface area contributed by atoms with Crippen molar-refractivity contribution in [1.29, 1.82) is 0 Å². The van der Waals surface area contributed by atoms with Crippen molar-refractivity contribution < 1.29 is 9.84 Å². The van der Waals surface area contributed by atoms with Gasteiger partial charge in [-0.25, -0.2) is 4.98 Å². The summed E-state index contributed by atoms with van der Waals surface area (Å²) in [6.45, 7) is 2.49. The van der Waals surface area contributed by atoms with Crippen molar-refractivity contribution in [3.8, 4) is 17.0 Å². The van der Waals surface area contributed by atoms with Gasteiger partial charge in [0.1, 0.15) is 0 Å². The number of para-hydroxylation sites is 1. The van der Waals surface area contributed by atoms with Crippen molar-refractivity contribution in [3.05, 3.63) is 58.6 Å². The van der Waals surface area contributed by atoms with E-state index in [9.17, 15) is 5.11 Å². The predicted molar refractivity (Wildman–Crippen MR) is 105 cm³/mol. The number of pyridine rings is 1. The Morgan fingerprint density at radius 3 is 2.75 bits per heavy atom. The van der Waals surface area contributed by atoms with Crippen LogP contribution in [0.1, 0.15) is 12.5 Å². The van der Waals surface area contributed by atoms with Gasteiger partial charge in [-0.1, -0.05) is 55.1 Å². The Morgan fingerprint density at radius 2 is 2.00 bits per heavy atom. The van der Waals surface area contributed by atoms with E-state index in [0.717, 1.165) is 32.1 Å². The number of hydrogen-bond donors (Lipinski definition) is 1. The van der Waals surface area contributed by atoms with Gasteiger partial charge in [-0.3, -0.25) is 0 Å². The zero-order valence-electron chi connectivity index (χ0n) is 13.2. The van der Waals surface area contributed by atoms with E-state index < -0.39 is 0 Å². The maximum absolute atomic E-state index is 10.5. The third-order valence-electron chi connectivity index (χ3n) is 3.74. The van der Waals surface area contributed by atoms with Crippen molar-refractivity contribution in [3.63, 3.8) is 0 Å². The van der Waals surface area contributed by atoms with E-state index in [0.29, 0.717) is 18.5 Å². The number of nitrogens with zero attached hydrogens (tertiary/aromatic N) is 1. The first-order chi connectivity index (χ1) is 11.6. The van der Waals surface area contributed by atoms with E-state index in [2.05, 4.69) is 29.8 Å². The maximum Gasteiger partial charge on any atom is 0.215 e. The molecule has 2 aromatic carbocycles. The topological polar surface area (TPSA) is 42.4 Å². The first kappa shape index (κ1) is 17.1. The monoisotopic (exact) mass is 401 g/mol. The van der Waals surface area contributed by atoms with Crippen molar-refractivity contribution in [2.45, 2.75) is 13.3 Å². The van der Waals surface area contributed by atoms with Crippen LogP contribution in [-0.2, 0) is 11.2 Å². The van der Waals surface area contributed by atoms with Crippen LogP contribution in [0.5, 0.6) is 5.88 Å². The lowest BCUT2D eigenvalue weighted by atomic mass is 9.94. The van der Waals surface area contributed by atoms with Crippen LogP contribution >= 0.6 is 24.8 Å². The van der Waals surface area contributed by atoms with Gasteiger partial charge < -0.3 is 9.84 Å². The molecule has 1 N–H and O–H groups in total. The molecule has 0 saturated carbocycles. The minimum Gasteiger partial charge on any atom is -0.493 e. The van der Waals surface area contributed by atoms with Crippen LogP contribution < -0.4 is 0 Å². The van der Waals surface area contributed by atoms with Crippen LogP contribution in [0, 0.1) is 0 Å². The zero-order chi connectivity index (χ0) is 17.1. The molecule has 0 atom stereocenters. The number of aromatic hydroxyl groups is 1. The van der Waals surface area contributed by atoms with Crippen LogP contribution in [0.3, 0.4) is 0 Å². The average Bonchev–Trinajstić information content (AvgIpc) is 2.55. The minimum absolute atomic E-state index is 0.0270. The van der Waals surface area contributed by atoms with Gasteiger partial charge in [-0.15, -0.1) is 0 Å². The summed E-state index contributed by atoms with van der Waals surface area (Å²) in [6.07, 6.45) is 0.441. The van der Waals surface area contributed by atoms with Crippen LogP contribution in [0.15, 0.2) is 53.0 Å². The second kappa shape index (κ2) is 7.43. The highest BCUT2D eigenvalue weighted by Gasteiger charge is 2.17. The molecule has 0 aliphatic carbocycles. The molecular formula is C19H17BrNO2P. The SMILES string of the molecule is CCOC(=P)Cc1c(O)nc2ccccc2c1-c1cccc(Br)c1. The van der Waals surface area contributed by atoms with Crippen molar-refractivity contribution in [2.24, 2.45) is 0 Å². The van der Waals surface area contributed by atoms with E-state index in [1.807, 2.05) is 55.5 Å². The standard InChI is InChI=1S/C19H17BrNO2P/c1-2-23-17(24)11-15-18(12-6-5-7-13(20)10-12)14-8-3-4-9-16(14)21-19(15)22/h3-10,24H,2,11H2,1H3,(H,21,22). The van der Waals surface area contributed by atoms with Crippen LogP contribution in [0.25, 0.3) is 22.0 Å². The highest BCUT2D eigenvalue weighted by molar-refractivity contribution is 9.10. The second-order valence-corrected chi connectivity index (χ2v) is 6.82. The number of hydrogen-bond acceptors (Lipinski definition) is 3. The molecule has 0 radical (unpaired) electrons. The molecular weight excluding hydrogens is 385 g/mol. The summed E-state index contributed by atoms with van der Waals surface area (Å²) in [5, 5.41) is 11.5. The lowest BCUT2D eigenvalue weighted by Gasteiger charge is -2.15. The Kier molecular flexibility index (Phi) is 5.30. The summed E-state index contributed by atoms with van der Waals surface area (Å²) in [5.41, 5.74) is 4.16. The van der Waals surface area contributed by atoms with E-state index in [-0.39, 0.29) is 5.88 Å². The fourth-order valence-corrected chi connectivity index (χ4v) is 3.49. The molecule has 24 heavy (non-hydrogen) atoms. The molecule has 5 heteroatoms. The Labute approximate surface area is 151 Å². The second-order valence-electron chi connectivity index (χ2n) is 5.35. The van der Waals surface area contributed by atoms with Crippen molar-refractivity contribution in [1.82, 2.24) is 4.98 Å². The van der Waals surface area contributed by atoms with Gasteiger partial charge in [-0.2, -0.15) is 0 Å². The molecule has 3 rings (SSSR count). The third kappa shape index (κ3) is 3.51. The largest absolute Gasteiger partial charge is 0.493 e. The Balaban J connectivity index is 2.27. The lowest BCUT2D eigenvalue weighted by Crippen LogP contribution is -2.07. The van der Waals surface area contributed by atoms with Gasteiger partial charge in [0.15, 0.2) is 0 Å². The molecule has 0 fully saturated rings. The maximum atomic E-state index is 10.5. The van der Waals surface area contributed by atoms with Crippen molar-refractivity contribution in [2.75, 3.05) is 6.61 Å². The number of benzene rings is 2. The Hall–Kier alpha value is -1.74. The number of ether oxygens (including phenoxy) is 1. The van der Waals surface area contributed by atoms with Gasteiger partial charge in [0, 0.05) is 27.4 Å². The van der Waals surface area contributed by atoms with Crippen LogP contribution in [0.4, 0.5) is 0 Å². The van der Waals surface area contributed by atoms with Crippen LogP contribution in [0.2, 0.25) is 0 Å². The molecule has 0 aliphatic rings. The fraction of sp³-hybridized carbons (Fsp3) is 0.158. The molecule has 0 bridgehead atoms. The van der Waals surface area contributed by atoms with E-state index in [1.165, 1.54) is 0 Å². The lowest BCUT2D eigenvalue weighted by molar-refractivity contribution is 0.328. The smallest absolute Gasteiger partial charge is 0.215 e. The summed E-state index contributed by atoms with van der Waals surface area (Å²) in [7, 11) is 3.50. The first-order valence-electron chi connectivity index (χ1n) is 7.67. The molecule has 3 nitrogen and oxygen atoms in total. The molecule has 0 unspecified atom stereocenters. The Morgan fingerprint density at radius 1 is 1.21 bits per heavy atom. The fourth-order valence-electron chi connectivity index (χ4n) is 2.77. The predicted octanol–water partition coefficient (Wildman–Crippen LogP) is 5.22. The van der Waals surface area contributed by atoms with Gasteiger partial charge >= 0.3 is 0 Å². The average molecular weight is 402 g/mol. The van der Waals surface area contributed by atoms with Gasteiger partial charge in [-0.05, 0) is 30.7 Å². The summed E-state index contributed by atoms with van der Waals surface area (Å²) >= 11 is 3.52. The molecule has 0 saturated heterocycles. The molecule has 3 aromatic rings. The van der Waals surface area contributed by atoms with Crippen LogP contribution in [-0.4, -0.2) is 22.2 Å². The number of fused-ring (bicyclic) bond motifs is 1. The third-order valence-corrected chi connectivity index (χ3v) is 4.55. The number of rotatable bonds is 5. The number of halogens is 1. The van der Waals surface area contributed by atoms with Crippen molar-refractivity contribution >= 4 is 41.2 Å². The van der Waals surface area contributed by atoms with Gasteiger partial charge in [0.05, 0.1) is 17.6 Å². The number of aromatic nitrogens is 1. The van der Waals surface area contributed by atoms with Gasteiger partial charge in [0.25, 0.3) is 0 Å². The molecule has 122 valence electrons. The summed E-state index contributed by atoms with van der Waals surface area (Å²) < 4.78 is 6.49. The van der Waals surface area contributed by atoms with E-state index in [4.69, 9.17) is 4.74 Å². The van der Waals surface area contributed by atoms with E-state index >= 15 is 0 Å². The molecule has 0 amide bonds. The van der Waals surface area contributed by atoms with Gasteiger partial charge in [0.2, 0.25) is 5.88 Å². The normalized spacial score (nSPS) is 10.9. The summed E-state index contributed by atoms with van der Waals surface area (Å²) in [6, 6.07) is 15.9. The minimum atomic E-state index is 0.0270. The molecule has 1 heterocycles. The van der Waals surface area contributed by atoms with E-state index in [1.54, 1.807) is 0 Å². The molecule has 1 aromatic heterocycles. The summed E-state index contributed by atoms with van der Waals surface area (Å²) in [5.74, 6) is 0.0270.